The van der Waals surface area contributed by atoms with E-state index in [2.05, 4.69) is 24.5 Å². The second-order valence-electron chi connectivity index (χ2n) is 5.44. The van der Waals surface area contributed by atoms with Gasteiger partial charge in [0, 0.05) is 12.6 Å². The second kappa shape index (κ2) is 8.48. The number of amides is 1. The monoisotopic (exact) mass is 256 g/mol. The Labute approximate surface area is 111 Å². The SMILES string of the molecule is CCOCC(NC(=O)CNC1CCCC1)C(C)C. The number of nitrogens with one attached hydrogen (secondary N) is 2. The van der Waals surface area contributed by atoms with Gasteiger partial charge in [-0.1, -0.05) is 26.7 Å². The summed E-state index contributed by atoms with van der Waals surface area (Å²) in [6.45, 7) is 7.91. The third-order valence-corrected chi connectivity index (χ3v) is 3.56. The van der Waals surface area contributed by atoms with E-state index >= 15 is 0 Å². The Morgan fingerprint density at radius 2 is 2.00 bits per heavy atom. The fraction of sp³-hybridized carbons (Fsp3) is 0.929. The first-order valence-electron chi connectivity index (χ1n) is 7.24. The van der Waals surface area contributed by atoms with E-state index in [1.807, 2.05) is 6.92 Å². The van der Waals surface area contributed by atoms with Gasteiger partial charge in [0.15, 0.2) is 0 Å². The van der Waals surface area contributed by atoms with Gasteiger partial charge in [0.2, 0.25) is 5.91 Å². The van der Waals surface area contributed by atoms with E-state index in [0.717, 1.165) is 0 Å². The van der Waals surface area contributed by atoms with Gasteiger partial charge in [-0.25, -0.2) is 0 Å². The van der Waals surface area contributed by atoms with Crippen LogP contribution in [0.25, 0.3) is 0 Å². The van der Waals surface area contributed by atoms with Crippen LogP contribution in [0.1, 0.15) is 46.5 Å². The molecule has 106 valence electrons. The van der Waals surface area contributed by atoms with Gasteiger partial charge in [0.1, 0.15) is 0 Å². The molecule has 0 bridgehead atoms. The van der Waals surface area contributed by atoms with Crippen molar-refractivity contribution in [3.8, 4) is 0 Å². The summed E-state index contributed by atoms with van der Waals surface area (Å²) in [5.74, 6) is 0.479. The lowest BCUT2D eigenvalue weighted by Gasteiger charge is -2.22. The molecule has 1 aliphatic rings. The summed E-state index contributed by atoms with van der Waals surface area (Å²) in [6.07, 6.45) is 5.00. The van der Waals surface area contributed by atoms with Gasteiger partial charge in [-0.05, 0) is 25.7 Å². The predicted octanol–water partition coefficient (Wildman–Crippen LogP) is 1.70. The minimum atomic E-state index is 0.0836. The molecule has 4 heteroatoms. The molecule has 1 amide bonds. The summed E-state index contributed by atoms with van der Waals surface area (Å²) < 4.78 is 5.40. The average Bonchev–Trinajstić information content (AvgIpc) is 2.84. The highest BCUT2D eigenvalue weighted by Gasteiger charge is 2.18. The van der Waals surface area contributed by atoms with Crippen LogP contribution in [0.15, 0.2) is 0 Å². The molecule has 2 N–H and O–H groups in total. The van der Waals surface area contributed by atoms with Crippen LogP contribution in [-0.2, 0) is 9.53 Å². The molecule has 0 radical (unpaired) electrons. The number of ether oxygens (including phenoxy) is 1. The maximum absolute atomic E-state index is 11.8. The Bertz CT molecular complexity index is 238. The summed E-state index contributed by atoms with van der Waals surface area (Å²) >= 11 is 0. The molecule has 1 rings (SSSR count). The van der Waals surface area contributed by atoms with Crippen LogP contribution < -0.4 is 10.6 Å². The number of carbonyl (C=O) groups excluding carboxylic acids is 1. The minimum Gasteiger partial charge on any atom is -0.380 e. The second-order valence-corrected chi connectivity index (χ2v) is 5.44. The molecule has 18 heavy (non-hydrogen) atoms. The van der Waals surface area contributed by atoms with Crippen LogP contribution in [0.5, 0.6) is 0 Å². The highest BCUT2D eigenvalue weighted by Crippen LogP contribution is 2.17. The summed E-state index contributed by atoms with van der Waals surface area (Å²) in [5, 5.41) is 6.38. The molecule has 0 saturated heterocycles. The lowest BCUT2D eigenvalue weighted by molar-refractivity contribution is -0.121. The first-order chi connectivity index (χ1) is 8.63. The first kappa shape index (κ1) is 15.4. The third kappa shape index (κ3) is 5.83. The topological polar surface area (TPSA) is 50.4 Å². The van der Waals surface area contributed by atoms with E-state index in [1.54, 1.807) is 0 Å². The van der Waals surface area contributed by atoms with Crippen LogP contribution in [0.3, 0.4) is 0 Å². The van der Waals surface area contributed by atoms with Crippen LogP contribution in [0.4, 0.5) is 0 Å². The van der Waals surface area contributed by atoms with Gasteiger partial charge >= 0.3 is 0 Å². The molecule has 4 nitrogen and oxygen atoms in total. The molecule has 0 aromatic rings. The quantitative estimate of drug-likeness (QED) is 0.695. The lowest BCUT2D eigenvalue weighted by Crippen LogP contribution is -2.46. The largest absolute Gasteiger partial charge is 0.380 e. The van der Waals surface area contributed by atoms with Crippen molar-refractivity contribution in [3.63, 3.8) is 0 Å². The first-order valence-corrected chi connectivity index (χ1v) is 7.24. The molecule has 1 unspecified atom stereocenters. The van der Waals surface area contributed by atoms with Crippen LogP contribution in [-0.4, -0.2) is 37.7 Å². The van der Waals surface area contributed by atoms with Gasteiger partial charge in [-0.15, -0.1) is 0 Å². The van der Waals surface area contributed by atoms with Crippen LogP contribution >= 0.6 is 0 Å². The number of hydrogen-bond acceptors (Lipinski definition) is 3. The standard InChI is InChI=1S/C14H28N2O2/c1-4-18-10-13(11(2)3)16-14(17)9-15-12-7-5-6-8-12/h11-13,15H,4-10H2,1-3H3,(H,16,17). The highest BCUT2D eigenvalue weighted by molar-refractivity contribution is 5.78. The number of rotatable bonds is 8. The lowest BCUT2D eigenvalue weighted by atomic mass is 10.1. The molecule has 1 atom stereocenters. The van der Waals surface area contributed by atoms with Crippen molar-refractivity contribution in [2.45, 2.75) is 58.5 Å². The van der Waals surface area contributed by atoms with Crippen molar-refractivity contribution < 1.29 is 9.53 Å². The maximum atomic E-state index is 11.8. The van der Waals surface area contributed by atoms with E-state index < -0.39 is 0 Å². The Balaban J connectivity index is 2.22. The van der Waals surface area contributed by atoms with Gasteiger partial charge < -0.3 is 15.4 Å². The summed E-state index contributed by atoms with van der Waals surface area (Å²) in [5.41, 5.74) is 0. The van der Waals surface area contributed by atoms with Crippen molar-refractivity contribution in [1.82, 2.24) is 10.6 Å². The predicted molar refractivity (Wildman–Crippen MR) is 73.5 cm³/mol. The van der Waals surface area contributed by atoms with Crippen molar-refractivity contribution in [2.24, 2.45) is 5.92 Å². The Kier molecular flexibility index (Phi) is 7.28. The normalized spacial score (nSPS) is 18.2. The van der Waals surface area contributed by atoms with Crippen molar-refractivity contribution in [3.05, 3.63) is 0 Å². The molecule has 0 aromatic carbocycles. The zero-order valence-corrected chi connectivity index (χ0v) is 12.0. The smallest absolute Gasteiger partial charge is 0.234 e. The zero-order chi connectivity index (χ0) is 13.4. The molecular weight excluding hydrogens is 228 g/mol. The Hall–Kier alpha value is -0.610. The number of hydrogen-bond donors (Lipinski definition) is 2. The summed E-state index contributed by atoms with van der Waals surface area (Å²) in [4.78, 5) is 11.8. The van der Waals surface area contributed by atoms with Crippen LogP contribution in [0, 0.1) is 5.92 Å². The zero-order valence-electron chi connectivity index (χ0n) is 12.0. The molecule has 0 heterocycles. The molecule has 1 saturated carbocycles. The average molecular weight is 256 g/mol. The molecule has 0 aliphatic heterocycles. The van der Waals surface area contributed by atoms with E-state index in [0.29, 0.717) is 31.7 Å². The molecule has 0 spiro atoms. The van der Waals surface area contributed by atoms with E-state index in [4.69, 9.17) is 4.74 Å². The van der Waals surface area contributed by atoms with E-state index in [9.17, 15) is 4.79 Å². The van der Waals surface area contributed by atoms with Crippen molar-refractivity contribution >= 4 is 5.91 Å². The van der Waals surface area contributed by atoms with E-state index in [-0.39, 0.29) is 11.9 Å². The molecule has 1 aliphatic carbocycles. The van der Waals surface area contributed by atoms with Gasteiger partial charge in [-0.2, -0.15) is 0 Å². The third-order valence-electron chi connectivity index (χ3n) is 3.56. The molecular formula is C14H28N2O2. The van der Waals surface area contributed by atoms with E-state index in [1.165, 1.54) is 25.7 Å². The van der Waals surface area contributed by atoms with Gasteiger partial charge in [0.05, 0.1) is 19.2 Å². The summed E-state index contributed by atoms with van der Waals surface area (Å²) in [6, 6.07) is 0.656. The Morgan fingerprint density at radius 1 is 1.33 bits per heavy atom. The highest BCUT2D eigenvalue weighted by atomic mass is 16.5. The van der Waals surface area contributed by atoms with Gasteiger partial charge in [0.25, 0.3) is 0 Å². The summed E-state index contributed by atoms with van der Waals surface area (Å²) in [7, 11) is 0. The Morgan fingerprint density at radius 3 is 2.56 bits per heavy atom. The fourth-order valence-corrected chi connectivity index (χ4v) is 2.27. The molecule has 0 aromatic heterocycles. The van der Waals surface area contributed by atoms with Crippen molar-refractivity contribution in [1.29, 1.82) is 0 Å². The number of carbonyl (C=O) groups is 1. The maximum Gasteiger partial charge on any atom is 0.234 e. The fourth-order valence-electron chi connectivity index (χ4n) is 2.27. The van der Waals surface area contributed by atoms with Crippen LogP contribution in [0.2, 0.25) is 0 Å². The van der Waals surface area contributed by atoms with Crippen molar-refractivity contribution in [2.75, 3.05) is 19.8 Å². The minimum absolute atomic E-state index is 0.0836. The molecule has 1 fully saturated rings. The van der Waals surface area contributed by atoms with Gasteiger partial charge in [-0.3, -0.25) is 4.79 Å².